The van der Waals surface area contributed by atoms with Crippen molar-refractivity contribution < 1.29 is 23.9 Å². The molecular formula is C22H30N4O5. The molecule has 9 nitrogen and oxygen atoms in total. The van der Waals surface area contributed by atoms with E-state index in [9.17, 15) is 14.4 Å². The predicted molar refractivity (Wildman–Crippen MR) is 116 cm³/mol. The summed E-state index contributed by atoms with van der Waals surface area (Å²) in [5.74, 6) is 0.600. The number of methoxy groups -OCH3 is 2. The van der Waals surface area contributed by atoms with Gasteiger partial charge in [0.05, 0.1) is 32.4 Å². The van der Waals surface area contributed by atoms with E-state index in [0.717, 1.165) is 0 Å². The van der Waals surface area contributed by atoms with Gasteiger partial charge in [0.25, 0.3) is 0 Å². The first-order valence-corrected chi connectivity index (χ1v) is 10.4. The van der Waals surface area contributed by atoms with Gasteiger partial charge in [-0.2, -0.15) is 0 Å². The molecule has 0 aliphatic carbocycles. The molecule has 9 heteroatoms. The molecule has 3 rings (SSSR count). The molecule has 1 unspecified atom stereocenters. The highest BCUT2D eigenvalue weighted by molar-refractivity contribution is 6.01. The number of ether oxygens (including phenoxy) is 2. The molecule has 0 radical (unpaired) electrons. The summed E-state index contributed by atoms with van der Waals surface area (Å²) < 4.78 is 10.7. The smallest absolute Gasteiger partial charge is 0.234 e. The molecule has 1 atom stereocenters. The van der Waals surface area contributed by atoms with Crippen molar-refractivity contribution in [3.8, 4) is 11.5 Å². The molecule has 2 fully saturated rings. The summed E-state index contributed by atoms with van der Waals surface area (Å²) in [4.78, 5) is 43.0. The second-order valence-corrected chi connectivity index (χ2v) is 7.64. The number of anilines is 1. The Balaban J connectivity index is 1.58. The van der Waals surface area contributed by atoms with Crippen LogP contribution in [0.25, 0.3) is 0 Å². The summed E-state index contributed by atoms with van der Waals surface area (Å²) in [6.45, 7) is 6.98. The molecule has 2 aliphatic rings. The van der Waals surface area contributed by atoms with Crippen molar-refractivity contribution in [3.05, 3.63) is 30.9 Å². The van der Waals surface area contributed by atoms with Crippen molar-refractivity contribution in [3.63, 3.8) is 0 Å². The van der Waals surface area contributed by atoms with Gasteiger partial charge in [-0.3, -0.25) is 19.3 Å². The first kappa shape index (κ1) is 22.6. The van der Waals surface area contributed by atoms with Crippen LogP contribution in [0, 0.1) is 5.92 Å². The summed E-state index contributed by atoms with van der Waals surface area (Å²) in [7, 11) is 3.11. The van der Waals surface area contributed by atoms with Crippen molar-refractivity contribution in [2.75, 3.05) is 64.9 Å². The molecule has 31 heavy (non-hydrogen) atoms. The van der Waals surface area contributed by atoms with Crippen LogP contribution in [0.2, 0.25) is 0 Å². The second-order valence-electron chi connectivity index (χ2n) is 7.64. The number of rotatable bonds is 8. The number of benzene rings is 1. The van der Waals surface area contributed by atoms with Crippen molar-refractivity contribution >= 4 is 23.4 Å². The molecular weight excluding hydrogens is 400 g/mol. The van der Waals surface area contributed by atoms with Crippen molar-refractivity contribution in [2.45, 2.75) is 6.42 Å². The standard InChI is InChI=1S/C22H30N4O5/c1-4-7-23-20(27)15-24-8-10-25(11-9-24)22(29)16-12-21(28)26(14-16)18-13-17(30-2)5-6-19(18)31-3/h4-6,13,16H,1,7-12,14-15H2,2-3H3,(H,23,27). The molecule has 0 aromatic heterocycles. The molecule has 1 N–H and O–H groups in total. The van der Waals surface area contributed by atoms with Crippen LogP contribution in [-0.2, 0) is 14.4 Å². The van der Waals surface area contributed by atoms with Crippen molar-refractivity contribution in [2.24, 2.45) is 5.92 Å². The van der Waals surface area contributed by atoms with Crippen LogP contribution >= 0.6 is 0 Å². The molecule has 1 aromatic carbocycles. The van der Waals surface area contributed by atoms with E-state index in [1.165, 1.54) is 0 Å². The maximum absolute atomic E-state index is 13.1. The number of hydrogen-bond donors (Lipinski definition) is 1. The Bertz CT molecular complexity index is 835. The van der Waals surface area contributed by atoms with Gasteiger partial charge < -0.3 is 24.6 Å². The summed E-state index contributed by atoms with van der Waals surface area (Å²) in [6, 6.07) is 5.27. The monoisotopic (exact) mass is 430 g/mol. The van der Waals surface area contributed by atoms with Crippen LogP contribution in [0.4, 0.5) is 5.69 Å². The fourth-order valence-electron chi connectivity index (χ4n) is 3.94. The average molecular weight is 431 g/mol. The molecule has 168 valence electrons. The van der Waals surface area contributed by atoms with E-state index in [0.29, 0.717) is 63.0 Å². The van der Waals surface area contributed by atoms with E-state index in [4.69, 9.17) is 9.47 Å². The summed E-state index contributed by atoms with van der Waals surface area (Å²) in [5.41, 5.74) is 0.609. The van der Waals surface area contributed by atoms with E-state index in [1.807, 2.05) is 4.90 Å². The van der Waals surface area contributed by atoms with E-state index < -0.39 is 5.92 Å². The number of piperazine rings is 1. The third-order valence-electron chi connectivity index (χ3n) is 5.65. The lowest BCUT2D eigenvalue weighted by molar-refractivity contribution is -0.137. The summed E-state index contributed by atoms with van der Waals surface area (Å²) in [6.07, 6.45) is 1.81. The summed E-state index contributed by atoms with van der Waals surface area (Å²) >= 11 is 0. The van der Waals surface area contributed by atoms with E-state index in [2.05, 4.69) is 11.9 Å². The fraction of sp³-hybridized carbons (Fsp3) is 0.500. The van der Waals surface area contributed by atoms with Gasteiger partial charge in [0, 0.05) is 51.8 Å². The number of carbonyl (C=O) groups excluding carboxylic acids is 3. The Morgan fingerprint density at radius 3 is 2.58 bits per heavy atom. The minimum absolute atomic E-state index is 0.0199. The predicted octanol–water partition coefficient (Wildman–Crippen LogP) is 0.503. The molecule has 0 bridgehead atoms. The average Bonchev–Trinajstić information content (AvgIpc) is 3.18. The van der Waals surface area contributed by atoms with E-state index in [1.54, 1.807) is 48.3 Å². The molecule has 1 aromatic rings. The van der Waals surface area contributed by atoms with Crippen LogP contribution in [0.15, 0.2) is 30.9 Å². The Hall–Kier alpha value is -3.07. The van der Waals surface area contributed by atoms with Crippen molar-refractivity contribution in [1.82, 2.24) is 15.1 Å². The van der Waals surface area contributed by atoms with Gasteiger partial charge in [0.1, 0.15) is 11.5 Å². The minimum atomic E-state index is -0.397. The van der Waals surface area contributed by atoms with Gasteiger partial charge in [0.15, 0.2) is 0 Å². The zero-order valence-corrected chi connectivity index (χ0v) is 18.1. The van der Waals surface area contributed by atoms with E-state index >= 15 is 0 Å². The zero-order chi connectivity index (χ0) is 22.4. The maximum Gasteiger partial charge on any atom is 0.234 e. The third-order valence-corrected chi connectivity index (χ3v) is 5.65. The molecule has 2 saturated heterocycles. The lowest BCUT2D eigenvalue weighted by Crippen LogP contribution is -2.52. The quantitative estimate of drug-likeness (QED) is 0.604. The highest BCUT2D eigenvalue weighted by Gasteiger charge is 2.39. The van der Waals surface area contributed by atoms with Crippen LogP contribution in [0.1, 0.15) is 6.42 Å². The SMILES string of the molecule is C=CCNC(=O)CN1CCN(C(=O)C2CC(=O)N(c3cc(OC)ccc3OC)C2)CC1. The third kappa shape index (κ3) is 5.35. The molecule has 2 aliphatic heterocycles. The number of nitrogens with one attached hydrogen (secondary N) is 1. The van der Waals surface area contributed by atoms with Gasteiger partial charge in [-0.25, -0.2) is 0 Å². The number of hydrogen-bond acceptors (Lipinski definition) is 6. The van der Waals surface area contributed by atoms with Gasteiger partial charge in [-0.15, -0.1) is 6.58 Å². The molecule has 0 spiro atoms. The van der Waals surface area contributed by atoms with Gasteiger partial charge in [0.2, 0.25) is 17.7 Å². The lowest BCUT2D eigenvalue weighted by atomic mass is 10.1. The van der Waals surface area contributed by atoms with Crippen LogP contribution in [-0.4, -0.2) is 87.6 Å². The summed E-state index contributed by atoms with van der Waals surface area (Å²) in [5, 5.41) is 2.76. The Labute approximate surface area is 182 Å². The minimum Gasteiger partial charge on any atom is -0.497 e. The Kier molecular flexibility index (Phi) is 7.51. The Morgan fingerprint density at radius 2 is 1.94 bits per heavy atom. The first-order valence-electron chi connectivity index (χ1n) is 10.4. The van der Waals surface area contributed by atoms with Crippen LogP contribution in [0.3, 0.4) is 0 Å². The highest BCUT2D eigenvalue weighted by Crippen LogP contribution is 2.36. The first-order chi connectivity index (χ1) is 15.0. The largest absolute Gasteiger partial charge is 0.497 e. The number of nitrogens with zero attached hydrogens (tertiary/aromatic N) is 3. The second kappa shape index (κ2) is 10.3. The van der Waals surface area contributed by atoms with Crippen LogP contribution in [0.5, 0.6) is 11.5 Å². The van der Waals surface area contributed by atoms with Gasteiger partial charge in [-0.1, -0.05) is 6.08 Å². The number of carbonyl (C=O) groups is 3. The molecule has 3 amide bonds. The zero-order valence-electron chi connectivity index (χ0n) is 18.1. The maximum atomic E-state index is 13.1. The van der Waals surface area contributed by atoms with Crippen LogP contribution < -0.4 is 19.7 Å². The van der Waals surface area contributed by atoms with Gasteiger partial charge in [-0.05, 0) is 12.1 Å². The van der Waals surface area contributed by atoms with Crippen molar-refractivity contribution in [1.29, 1.82) is 0 Å². The lowest BCUT2D eigenvalue weighted by Gasteiger charge is -2.35. The highest BCUT2D eigenvalue weighted by atomic mass is 16.5. The topological polar surface area (TPSA) is 91.4 Å². The van der Waals surface area contributed by atoms with Gasteiger partial charge >= 0.3 is 0 Å². The molecule has 0 saturated carbocycles. The fourth-order valence-corrected chi connectivity index (χ4v) is 3.94. The van der Waals surface area contributed by atoms with E-state index in [-0.39, 0.29) is 24.1 Å². The number of amides is 3. The normalized spacial score (nSPS) is 19.3. The molecule has 2 heterocycles. The Morgan fingerprint density at radius 1 is 1.19 bits per heavy atom.